The highest BCUT2D eigenvalue weighted by molar-refractivity contribution is 6.07. The molecule has 254 valence electrons. The third-order valence-corrected chi connectivity index (χ3v) is 9.68. The van der Waals surface area contributed by atoms with Crippen molar-refractivity contribution in [1.29, 1.82) is 0 Å². The van der Waals surface area contributed by atoms with E-state index >= 15 is 0 Å². The maximum atomic E-state index is 13.4. The van der Waals surface area contributed by atoms with Gasteiger partial charge in [0.25, 0.3) is 11.5 Å². The number of nitrogens with zero attached hydrogens (tertiary/aromatic N) is 3. The number of hydrogen-bond donors (Lipinski definition) is 2. The normalized spacial score (nSPS) is 20.3. The van der Waals surface area contributed by atoms with Gasteiger partial charge in [0, 0.05) is 55.8 Å². The van der Waals surface area contributed by atoms with Crippen LogP contribution in [0.4, 0.5) is 10.5 Å². The van der Waals surface area contributed by atoms with E-state index in [1.807, 2.05) is 35.2 Å². The molecule has 2 aromatic heterocycles. The van der Waals surface area contributed by atoms with Gasteiger partial charge in [-0.1, -0.05) is 12.1 Å². The van der Waals surface area contributed by atoms with Crippen molar-refractivity contribution >= 4 is 34.3 Å². The predicted octanol–water partition coefficient (Wildman–Crippen LogP) is 5.06. The standard InChI is InChI=1S/C37H39N5O7/c1-47-33-11-4-24(20-32(33)42-19-15-34(43)40-37(42)46)36(45)41-17-13-28(14-18-41)49-27-9-7-26(8-10-27)48-25-5-2-23(3-6-25)30-22-39-35(44)31-21-38-16-12-29(30)31/h2-6,11-12,16,20-22,26-28H,7-10,13-15,17-19H2,1H3,(H,39,44)(H,40,43,46). The van der Waals surface area contributed by atoms with Crippen molar-refractivity contribution in [1.82, 2.24) is 20.2 Å². The molecule has 0 atom stereocenters. The van der Waals surface area contributed by atoms with E-state index in [0.717, 1.165) is 60.8 Å². The summed E-state index contributed by atoms with van der Waals surface area (Å²) in [6.45, 7) is 1.39. The molecule has 1 aliphatic carbocycles. The topological polar surface area (TPSA) is 143 Å². The minimum atomic E-state index is -0.525. The third kappa shape index (κ3) is 7.00. The number of carbonyl (C=O) groups is 3. The van der Waals surface area contributed by atoms with Gasteiger partial charge in [-0.2, -0.15) is 0 Å². The number of urea groups is 1. The smallest absolute Gasteiger partial charge is 0.328 e. The van der Waals surface area contributed by atoms with Gasteiger partial charge in [0.1, 0.15) is 11.5 Å². The Morgan fingerprint density at radius 1 is 0.857 bits per heavy atom. The lowest BCUT2D eigenvalue weighted by Crippen LogP contribution is -2.49. The molecule has 12 heteroatoms. The molecule has 49 heavy (non-hydrogen) atoms. The quantitative estimate of drug-likeness (QED) is 0.266. The molecule has 7 rings (SSSR count). The SMILES string of the molecule is COc1ccc(C(=O)N2CCC(OC3CCC(Oc4ccc(-c5c[nH]c(=O)c6cnccc56)cc4)CC3)CC2)cc1N1CCC(=O)NC1=O. The number of H-pyrrole nitrogens is 1. The zero-order chi connectivity index (χ0) is 33.9. The second-order valence-electron chi connectivity index (χ2n) is 12.8. The number of imide groups is 1. The van der Waals surface area contributed by atoms with Crippen LogP contribution in [0.1, 0.15) is 55.3 Å². The van der Waals surface area contributed by atoms with Crippen LogP contribution in [0.25, 0.3) is 21.9 Å². The van der Waals surface area contributed by atoms with E-state index in [0.29, 0.717) is 35.5 Å². The van der Waals surface area contributed by atoms with Crippen molar-refractivity contribution < 1.29 is 28.6 Å². The summed E-state index contributed by atoms with van der Waals surface area (Å²) in [4.78, 5) is 59.9. The van der Waals surface area contributed by atoms with Crippen LogP contribution in [0.2, 0.25) is 0 Å². The Balaban J connectivity index is 0.881. The van der Waals surface area contributed by atoms with E-state index in [1.165, 1.54) is 12.0 Å². The molecule has 0 bridgehead atoms. The van der Waals surface area contributed by atoms with E-state index in [-0.39, 0.29) is 48.7 Å². The van der Waals surface area contributed by atoms with E-state index in [9.17, 15) is 19.2 Å². The van der Waals surface area contributed by atoms with Crippen LogP contribution in [0.5, 0.6) is 11.5 Å². The number of methoxy groups -OCH3 is 1. The Labute approximate surface area is 283 Å². The third-order valence-electron chi connectivity index (χ3n) is 9.68. The van der Waals surface area contributed by atoms with Gasteiger partial charge in [-0.3, -0.25) is 29.6 Å². The molecule has 3 fully saturated rings. The number of piperidine rings is 1. The number of hydrogen-bond acceptors (Lipinski definition) is 8. The molecule has 3 aliphatic rings. The van der Waals surface area contributed by atoms with Gasteiger partial charge in [-0.25, -0.2) is 4.79 Å². The van der Waals surface area contributed by atoms with Crippen LogP contribution in [0.15, 0.2) is 71.9 Å². The lowest BCUT2D eigenvalue weighted by molar-refractivity contribution is -0.120. The molecule has 4 amide bonds. The molecular formula is C37H39N5O7. The first-order chi connectivity index (χ1) is 23.9. The Morgan fingerprint density at radius 2 is 1.59 bits per heavy atom. The van der Waals surface area contributed by atoms with Gasteiger partial charge in [0.05, 0.1) is 36.5 Å². The number of fused-ring (bicyclic) bond motifs is 1. The van der Waals surface area contributed by atoms with Gasteiger partial charge in [0.2, 0.25) is 5.91 Å². The maximum absolute atomic E-state index is 13.4. The predicted molar refractivity (Wildman–Crippen MR) is 183 cm³/mol. The van der Waals surface area contributed by atoms with Crippen LogP contribution in [-0.4, -0.2) is 77.8 Å². The average Bonchev–Trinajstić information content (AvgIpc) is 3.13. The number of pyridine rings is 2. The minimum Gasteiger partial charge on any atom is -0.495 e. The van der Waals surface area contributed by atoms with Crippen LogP contribution < -0.4 is 25.2 Å². The van der Waals surface area contributed by atoms with E-state index in [2.05, 4.69) is 15.3 Å². The zero-order valence-electron chi connectivity index (χ0n) is 27.4. The van der Waals surface area contributed by atoms with Gasteiger partial charge >= 0.3 is 6.03 Å². The highest BCUT2D eigenvalue weighted by Crippen LogP contribution is 2.33. The van der Waals surface area contributed by atoms with Crippen molar-refractivity contribution in [3.8, 4) is 22.6 Å². The van der Waals surface area contributed by atoms with Gasteiger partial charge in [-0.05, 0) is 85.9 Å². The Bertz CT molecular complexity index is 1910. The average molecular weight is 666 g/mol. The van der Waals surface area contributed by atoms with Crippen LogP contribution in [0, 0.1) is 0 Å². The highest BCUT2D eigenvalue weighted by Gasteiger charge is 2.31. The molecule has 2 aromatic carbocycles. The summed E-state index contributed by atoms with van der Waals surface area (Å²) in [5.41, 5.74) is 2.71. The molecule has 2 aliphatic heterocycles. The summed E-state index contributed by atoms with van der Waals surface area (Å²) in [5.74, 6) is 0.851. The first-order valence-electron chi connectivity index (χ1n) is 16.8. The molecule has 0 radical (unpaired) electrons. The Morgan fingerprint density at radius 3 is 2.33 bits per heavy atom. The molecule has 2 N–H and O–H groups in total. The summed E-state index contributed by atoms with van der Waals surface area (Å²) in [7, 11) is 1.51. The highest BCUT2D eigenvalue weighted by atomic mass is 16.5. The number of benzene rings is 2. The van der Waals surface area contributed by atoms with Crippen LogP contribution in [-0.2, 0) is 9.53 Å². The van der Waals surface area contributed by atoms with Crippen molar-refractivity contribution in [3.05, 3.63) is 83.0 Å². The van der Waals surface area contributed by atoms with Gasteiger partial charge in [-0.15, -0.1) is 0 Å². The largest absolute Gasteiger partial charge is 0.495 e. The number of carbonyl (C=O) groups excluding carboxylic acids is 3. The van der Waals surface area contributed by atoms with Crippen molar-refractivity contribution in [2.75, 3.05) is 31.6 Å². The second-order valence-corrected chi connectivity index (χ2v) is 12.8. The molecule has 0 spiro atoms. The number of amides is 4. The molecule has 0 unspecified atom stereocenters. The lowest BCUT2D eigenvalue weighted by Gasteiger charge is -2.36. The number of rotatable bonds is 8. The lowest BCUT2D eigenvalue weighted by atomic mass is 9.94. The Kier molecular flexibility index (Phi) is 9.30. The summed E-state index contributed by atoms with van der Waals surface area (Å²) in [6, 6.07) is 14.4. The summed E-state index contributed by atoms with van der Waals surface area (Å²) >= 11 is 0. The number of ether oxygens (including phenoxy) is 3. The van der Waals surface area contributed by atoms with Crippen LogP contribution in [0.3, 0.4) is 0 Å². The fourth-order valence-electron chi connectivity index (χ4n) is 7.01. The molecule has 1 saturated carbocycles. The number of anilines is 1. The van der Waals surface area contributed by atoms with Gasteiger partial charge < -0.3 is 24.1 Å². The molecule has 2 saturated heterocycles. The Hall–Kier alpha value is -5.23. The zero-order valence-corrected chi connectivity index (χ0v) is 27.4. The fourth-order valence-corrected chi connectivity index (χ4v) is 7.01. The van der Waals surface area contributed by atoms with Gasteiger partial charge in [0.15, 0.2) is 0 Å². The fraction of sp³-hybridized carbons (Fsp3) is 0.378. The van der Waals surface area contributed by atoms with E-state index in [4.69, 9.17) is 14.2 Å². The van der Waals surface area contributed by atoms with Crippen molar-refractivity contribution in [3.63, 3.8) is 0 Å². The first kappa shape index (κ1) is 32.3. The molecular weight excluding hydrogens is 626 g/mol. The van der Waals surface area contributed by atoms with Crippen molar-refractivity contribution in [2.45, 2.75) is 63.3 Å². The molecule has 4 heterocycles. The van der Waals surface area contributed by atoms with Crippen LogP contribution >= 0.6 is 0 Å². The number of aromatic amines is 1. The minimum absolute atomic E-state index is 0.0971. The summed E-state index contributed by atoms with van der Waals surface area (Å²) < 4.78 is 18.3. The second kappa shape index (κ2) is 14.1. The number of aromatic nitrogens is 2. The molecule has 12 nitrogen and oxygen atoms in total. The number of likely N-dealkylation sites (tertiary alicyclic amines) is 1. The molecule has 4 aromatic rings. The summed E-state index contributed by atoms with van der Waals surface area (Å²) in [5, 5.41) is 3.74. The van der Waals surface area contributed by atoms with Crippen molar-refractivity contribution in [2.24, 2.45) is 0 Å². The van der Waals surface area contributed by atoms with E-state index in [1.54, 1.807) is 36.8 Å². The number of nitrogens with one attached hydrogen (secondary N) is 2. The monoisotopic (exact) mass is 665 g/mol. The first-order valence-corrected chi connectivity index (χ1v) is 16.8. The maximum Gasteiger partial charge on any atom is 0.328 e. The summed E-state index contributed by atoms with van der Waals surface area (Å²) in [6.07, 6.45) is 10.8. The van der Waals surface area contributed by atoms with E-state index < -0.39 is 6.03 Å².